The number of benzene rings is 1. The first-order chi connectivity index (χ1) is 10.0. The summed E-state index contributed by atoms with van der Waals surface area (Å²) in [6.45, 7) is 6.12. The molecule has 1 amide bonds. The number of hydrogen-bond acceptors (Lipinski definition) is 4. The Morgan fingerprint density at radius 3 is 2.90 bits per heavy atom. The first kappa shape index (κ1) is 15.8. The smallest absolute Gasteiger partial charge is 0.238 e. The molecule has 116 valence electrons. The Morgan fingerprint density at radius 2 is 2.29 bits per heavy atom. The van der Waals surface area contributed by atoms with Gasteiger partial charge in [0.2, 0.25) is 5.91 Å². The molecule has 1 heterocycles. The molecule has 2 rings (SSSR count). The first-order valence-electron chi connectivity index (χ1n) is 7.42. The van der Waals surface area contributed by atoms with Gasteiger partial charge >= 0.3 is 0 Å². The number of likely N-dealkylation sites (tertiary alicyclic amines) is 1. The van der Waals surface area contributed by atoms with Gasteiger partial charge < -0.3 is 15.8 Å². The highest BCUT2D eigenvalue weighted by molar-refractivity contribution is 5.93. The lowest BCUT2D eigenvalue weighted by molar-refractivity contribution is -0.117. The predicted molar refractivity (Wildman–Crippen MR) is 84.6 cm³/mol. The van der Waals surface area contributed by atoms with Gasteiger partial charge in [0.15, 0.2) is 0 Å². The highest BCUT2D eigenvalue weighted by Gasteiger charge is 2.29. The molecule has 1 aliphatic heterocycles. The Labute approximate surface area is 126 Å². The Hall–Kier alpha value is -1.59. The van der Waals surface area contributed by atoms with E-state index in [4.69, 9.17) is 10.5 Å². The number of aryl methyl sites for hydroxylation is 1. The molecule has 0 saturated carbocycles. The average Bonchev–Trinajstić information content (AvgIpc) is 2.79. The van der Waals surface area contributed by atoms with Gasteiger partial charge in [-0.2, -0.15) is 0 Å². The van der Waals surface area contributed by atoms with Gasteiger partial charge in [-0.3, -0.25) is 9.69 Å². The molecule has 2 atom stereocenters. The number of rotatable bonds is 5. The number of anilines is 1. The number of ether oxygens (including phenoxy) is 1. The van der Waals surface area contributed by atoms with Gasteiger partial charge in [-0.25, -0.2) is 0 Å². The topological polar surface area (TPSA) is 67.6 Å². The molecule has 1 saturated heterocycles. The summed E-state index contributed by atoms with van der Waals surface area (Å²) in [5.41, 5.74) is 7.54. The van der Waals surface area contributed by atoms with Crippen LogP contribution in [0.5, 0.6) is 5.75 Å². The molecule has 0 spiro atoms. The summed E-state index contributed by atoms with van der Waals surface area (Å²) in [5.74, 6) is 1.17. The van der Waals surface area contributed by atoms with Crippen molar-refractivity contribution in [3.63, 3.8) is 0 Å². The van der Waals surface area contributed by atoms with Crippen molar-refractivity contribution in [3.8, 4) is 5.75 Å². The molecule has 5 heteroatoms. The standard InChI is InChI=1S/C16H25N3O2/c1-11-4-5-15(21-3)14(6-11)18-16(20)10-19-9-13(8-17)7-12(19)2/h4-6,12-13H,7-10,17H2,1-3H3,(H,18,20). The van der Waals surface area contributed by atoms with Crippen LogP contribution in [0.3, 0.4) is 0 Å². The van der Waals surface area contributed by atoms with Crippen LogP contribution < -0.4 is 15.8 Å². The van der Waals surface area contributed by atoms with Gasteiger partial charge in [0.1, 0.15) is 5.75 Å². The molecule has 0 bridgehead atoms. The van der Waals surface area contributed by atoms with E-state index in [1.165, 1.54) is 0 Å². The second-order valence-electron chi connectivity index (χ2n) is 5.87. The fourth-order valence-electron chi connectivity index (χ4n) is 2.90. The van der Waals surface area contributed by atoms with E-state index in [2.05, 4.69) is 17.1 Å². The monoisotopic (exact) mass is 291 g/mol. The van der Waals surface area contributed by atoms with E-state index >= 15 is 0 Å². The Morgan fingerprint density at radius 1 is 1.52 bits per heavy atom. The van der Waals surface area contributed by atoms with Gasteiger partial charge in [-0.05, 0) is 50.4 Å². The van der Waals surface area contributed by atoms with Crippen molar-refractivity contribution >= 4 is 11.6 Å². The number of nitrogens with one attached hydrogen (secondary N) is 1. The van der Waals surface area contributed by atoms with Crippen molar-refractivity contribution < 1.29 is 9.53 Å². The minimum Gasteiger partial charge on any atom is -0.495 e. The van der Waals surface area contributed by atoms with E-state index in [0.717, 1.165) is 24.2 Å². The van der Waals surface area contributed by atoms with E-state index in [1.807, 2.05) is 25.1 Å². The maximum atomic E-state index is 12.2. The fourth-order valence-corrected chi connectivity index (χ4v) is 2.90. The zero-order chi connectivity index (χ0) is 15.4. The number of carbonyl (C=O) groups excluding carboxylic acids is 1. The average molecular weight is 291 g/mol. The molecule has 0 aliphatic carbocycles. The number of hydrogen-bond donors (Lipinski definition) is 2. The Kier molecular flexibility index (Phi) is 5.20. The summed E-state index contributed by atoms with van der Waals surface area (Å²) in [4.78, 5) is 14.4. The van der Waals surface area contributed by atoms with E-state index in [-0.39, 0.29) is 5.91 Å². The molecule has 0 radical (unpaired) electrons. The first-order valence-corrected chi connectivity index (χ1v) is 7.42. The minimum atomic E-state index is -0.0107. The van der Waals surface area contributed by atoms with Crippen LogP contribution in [0.2, 0.25) is 0 Å². The van der Waals surface area contributed by atoms with Crippen LogP contribution in [0.1, 0.15) is 18.9 Å². The van der Waals surface area contributed by atoms with Crippen molar-refractivity contribution in [2.45, 2.75) is 26.3 Å². The summed E-state index contributed by atoms with van der Waals surface area (Å²) in [6.07, 6.45) is 1.07. The summed E-state index contributed by atoms with van der Waals surface area (Å²) in [7, 11) is 1.61. The van der Waals surface area contributed by atoms with Crippen molar-refractivity contribution in [1.82, 2.24) is 4.90 Å². The Balaban J connectivity index is 1.97. The summed E-state index contributed by atoms with van der Waals surface area (Å²) in [6, 6.07) is 6.16. The lowest BCUT2D eigenvalue weighted by Gasteiger charge is -2.20. The highest BCUT2D eigenvalue weighted by atomic mass is 16.5. The zero-order valence-electron chi connectivity index (χ0n) is 13.1. The highest BCUT2D eigenvalue weighted by Crippen LogP contribution is 2.26. The molecule has 1 fully saturated rings. The lowest BCUT2D eigenvalue weighted by atomic mass is 10.1. The number of nitrogens with zero attached hydrogens (tertiary/aromatic N) is 1. The zero-order valence-corrected chi connectivity index (χ0v) is 13.1. The number of methoxy groups -OCH3 is 1. The molecule has 1 aliphatic rings. The normalized spacial score (nSPS) is 22.3. The van der Waals surface area contributed by atoms with Crippen molar-refractivity contribution in [2.75, 3.05) is 32.1 Å². The van der Waals surface area contributed by atoms with Crippen molar-refractivity contribution in [2.24, 2.45) is 11.7 Å². The fraction of sp³-hybridized carbons (Fsp3) is 0.562. The van der Waals surface area contributed by atoms with Gasteiger partial charge in [-0.1, -0.05) is 6.07 Å². The van der Waals surface area contributed by atoms with Crippen LogP contribution in [-0.4, -0.2) is 43.6 Å². The second-order valence-corrected chi connectivity index (χ2v) is 5.87. The maximum absolute atomic E-state index is 12.2. The molecule has 2 unspecified atom stereocenters. The summed E-state index contributed by atoms with van der Waals surface area (Å²) in [5, 5.41) is 2.95. The summed E-state index contributed by atoms with van der Waals surface area (Å²) < 4.78 is 5.28. The van der Waals surface area contributed by atoms with E-state index in [9.17, 15) is 4.79 Å². The van der Waals surface area contributed by atoms with E-state index in [1.54, 1.807) is 7.11 Å². The third kappa shape index (κ3) is 3.95. The minimum absolute atomic E-state index is 0.0107. The van der Waals surface area contributed by atoms with E-state index in [0.29, 0.717) is 30.8 Å². The van der Waals surface area contributed by atoms with Gasteiger partial charge in [-0.15, -0.1) is 0 Å². The van der Waals surface area contributed by atoms with Crippen LogP contribution in [0.4, 0.5) is 5.69 Å². The predicted octanol–water partition coefficient (Wildman–Crippen LogP) is 1.61. The molecule has 1 aromatic rings. The summed E-state index contributed by atoms with van der Waals surface area (Å²) >= 11 is 0. The number of amides is 1. The number of carbonyl (C=O) groups is 1. The molecular formula is C16H25N3O2. The van der Waals surface area contributed by atoms with Crippen LogP contribution in [-0.2, 0) is 4.79 Å². The van der Waals surface area contributed by atoms with Gasteiger partial charge in [0.25, 0.3) is 0 Å². The number of nitrogens with two attached hydrogens (primary N) is 1. The molecule has 1 aromatic carbocycles. The molecule has 0 aromatic heterocycles. The van der Waals surface area contributed by atoms with Crippen LogP contribution in [0.25, 0.3) is 0 Å². The van der Waals surface area contributed by atoms with Gasteiger partial charge in [0.05, 0.1) is 19.3 Å². The quantitative estimate of drug-likeness (QED) is 0.865. The SMILES string of the molecule is COc1ccc(C)cc1NC(=O)CN1CC(CN)CC1C. The van der Waals surface area contributed by atoms with E-state index < -0.39 is 0 Å². The molecule has 5 nitrogen and oxygen atoms in total. The van der Waals surface area contributed by atoms with Crippen molar-refractivity contribution in [1.29, 1.82) is 0 Å². The van der Waals surface area contributed by atoms with Crippen LogP contribution in [0, 0.1) is 12.8 Å². The third-order valence-electron chi connectivity index (χ3n) is 4.10. The maximum Gasteiger partial charge on any atom is 0.238 e. The second kappa shape index (κ2) is 6.91. The van der Waals surface area contributed by atoms with Crippen LogP contribution >= 0.6 is 0 Å². The third-order valence-corrected chi connectivity index (χ3v) is 4.10. The van der Waals surface area contributed by atoms with Crippen molar-refractivity contribution in [3.05, 3.63) is 23.8 Å². The van der Waals surface area contributed by atoms with Crippen LogP contribution in [0.15, 0.2) is 18.2 Å². The molecule has 3 N–H and O–H groups in total. The Bertz CT molecular complexity index is 504. The molecule has 21 heavy (non-hydrogen) atoms. The van der Waals surface area contributed by atoms with Gasteiger partial charge in [0, 0.05) is 12.6 Å². The largest absolute Gasteiger partial charge is 0.495 e. The lowest BCUT2D eigenvalue weighted by Crippen LogP contribution is -2.36. The molecular weight excluding hydrogens is 266 g/mol.